The van der Waals surface area contributed by atoms with Crippen molar-refractivity contribution < 1.29 is 48.6 Å². The molecule has 51 heavy (non-hydrogen) atoms. The van der Waals surface area contributed by atoms with Gasteiger partial charge in [-0.1, -0.05) is 58.0 Å². The first kappa shape index (κ1) is 44.3. The molecule has 0 aliphatic carbocycles. The average Bonchev–Trinajstić information content (AvgIpc) is 3.06. The fourth-order valence-corrected chi connectivity index (χ4v) is 5.30. The van der Waals surface area contributed by atoms with Crippen molar-refractivity contribution in [3.8, 4) is 0 Å². The highest BCUT2D eigenvalue weighted by molar-refractivity contribution is 7.98. The predicted molar refractivity (Wildman–Crippen MR) is 189 cm³/mol. The number of carboxylic acids is 1. The lowest BCUT2D eigenvalue weighted by molar-refractivity contribution is -0.143. The van der Waals surface area contributed by atoms with E-state index in [1.54, 1.807) is 44.2 Å². The third-order valence-corrected chi connectivity index (χ3v) is 8.18. The second-order valence-electron chi connectivity index (χ2n) is 12.6. The van der Waals surface area contributed by atoms with Gasteiger partial charge in [0, 0.05) is 6.42 Å². The number of rotatable bonds is 24. The summed E-state index contributed by atoms with van der Waals surface area (Å²) < 4.78 is 0. The molecular weight excluding hydrogens is 686 g/mol. The van der Waals surface area contributed by atoms with Crippen LogP contribution in [0, 0.1) is 11.8 Å². The maximum atomic E-state index is 13.8. The van der Waals surface area contributed by atoms with Crippen LogP contribution in [-0.2, 0) is 44.8 Å². The van der Waals surface area contributed by atoms with Crippen molar-refractivity contribution in [1.29, 1.82) is 0 Å². The van der Waals surface area contributed by atoms with Crippen LogP contribution in [0.15, 0.2) is 30.3 Å². The van der Waals surface area contributed by atoms with Crippen molar-refractivity contribution in [2.24, 2.45) is 17.6 Å². The Balaban J connectivity index is 3.30. The summed E-state index contributed by atoms with van der Waals surface area (Å²) in [5.41, 5.74) is 5.96. The molecule has 0 saturated carbocycles. The first-order valence-electron chi connectivity index (χ1n) is 16.4. The van der Waals surface area contributed by atoms with E-state index in [2.05, 4.69) is 26.6 Å². The van der Waals surface area contributed by atoms with E-state index in [4.69, 9.17) is 10.8 Å². The minimum atomic E-state index is -1.72. The van der Waals surface area contributed by atoms with E-state index in [1.807, 2.05) is 25.4 Å². The van der Waals surface area contributed by atoms with Crippen LogP contribution < -0.4 is 37.6 Å². The number of aliphatic carboxylic acids is 1. The Hall–Kier alpha value is -4.71. The maximum absolute atomic E-state index is 13.8. The molecule has 0 bridgehead atoms. The second kappa shape index (κ2) is 22.9. The lowest BCUT2D eigenvalue weighted by Gasteiger charge is -2.29. The Morgan fingerprint density at radius 2 is 1.29 bits per heavy atom. The van der Waals surface area contributed by atoms with Crippen molar-refractivity contribution in [1.82, 2.24) is 31.9 Å². The van der Waals surface area contributed by atoms with Crippen LogP contribution in [0.3, 0.4) is 0 Å². The molecule has 18 heteroatoms. The number of aliphatic hydroxyl groups excluding tert-OH is 1. The SMILES string of the molecule is CSCC[C@H](NC=O)C(=O)N[C@@H](Cc1ccccc1)C(=O)N[C@@H](CC(C)C)C(=O)N[C@H](C(=O)N[C@@H](CC(N)=O)C(=O)N[C@@H](CO)C(=O)O)C(C)C. The van der Waals surface area contributed by atoms with Crippen molar-refractivity contribution in [2.75, 3.05) is 18.6 Å². The molecule has 0 spiro atoms. The molecule has 1 rings (SSSR count). The Morgan fingerprint density at radius 3 is 1.80 bits per heavy atom. The average molecular weight is 738 g/mol. The number of thioether (sulfide) groups is 1. The molecule has 1 aromatic carbocycles. The number of carboxylic acid groups (broad SMARTS) is 1. The van der Waals surface area contributed by atoms with Gasteiger partial charge in [-0.3, -0.25) is 33.6 Å². The minimum Gasteiger partial charge on any atom is -0.480 e. The fraction of sp³-hybridized carbons (Fsp3) is 0.576. The zero-order valence-electron chi connectivity index (χ0n) is 29.5. The quantitative estimate of drug-likeness (QED) is 0.0533. The third kappa shape index (κ3) is 16.2. The van der Waals surface area contributed by atoms with Crippen molar-refractivity contribution >= 4 is 59.6 Å². The molecule has 284 valence electrons. The van der Waals surface area contributed by atoms with Crippen molar-refractivity contribution in [3.05, 3.63) is 35.9 Å². The van der Waals surface area contributed by atoms with E-state index in [9.17, 15) is 43.5 Å². The number of aliphatic hydroxyl groups is 1. The molecule has 0 fully saturated rings. The van der Waals surface area contributed by atoms with Crippen LogP contribution in [-0.4, -0.2) is 113 Å². The number of hydrogen-bond donors (Lipinski definition) is 9. The molecule has 7 amide bonds. The van der Waals surface area contributed by atoms with Crippen molar-refractivity contribution in [2.45, 2.75) is 89.6 Å². The molecule has 0 radical (unpaired) electrons. The summed E-state index contributed by atoms with van der Waals surface area (Å²) in [7, 11) is 0. The van der Waals surface area contributed by atoms with E-state index in [0.717, 1.165) is 0 Å². The number of primary amides is 1. The van der Waals surface area contributed by atoms with Crippen molar-refractivity contribution in [3.63, 3.8) is 0 Å². The topological polar surface area (TPSA) is 275 Å². The molecule has 0 unspecified atom stereocenters. The van der Waals surface area contributed by atoms with Crippen LogP contribution >= 0.6 is 11.8 Å². The largest absolute Gasteiger partial charge is 0.480 e. The Bertz CT molecular complexity index is 1350. The number of nitrogens with one attached hydrogen (secondary N) is 6. The molecule has 0 aliphatic heterocycles. The van der Waals surface area contributed by atoms with Gasteiger partial charge in [-0.25, -0.2) is 4.79 Å². The minimum absolute atomic E-state index is 0.0596. The zero-order chi connectivity index (χ0) is 38.7. The number of nitrogens with two attached hydrogens (primary N) is 1. The molecule has 0 saturated heterocycles. The summed E-state index contributed by atoms with van der Waals surface area (Å²) in [6.45, 7) is 5.86. The predicted octanol–water partition coefficient (Wildman–Crippen LogP) is -1.82. The van der Waals surface area contributed by atoms with Gasteiger partial charge < -0.3 is 47.8 Å². The highest BCUT2D eigenvalue weighted by Gasteiger charge is 2.35. The van der Waals surface area contributed by atoms with Gasteiger partial charge in [-0.15, -0.1) is 0 Å². The maximum Gasteiger partial charge on any atom is 0.328 e. The van der Waals surface area contributed by atoms with Gasteiger partial charge in [0.05, 0.1) is 13.0 Å². The van der Waals surface area contributed by atoms with Crippen LogP contribution in [0.2, 0.25) is 0 Å². The Morgan fingerprint density at radius 1 is 0.765 bits per heavy atom. The smallest absolute Gasteiger partial charge is 0.328 e. The molecule has 0 aromatic heterocycles. The number of amides is 7. The molecule has 0 aliphatic rings. The monoisotopic (exact) mass is 737 g/mol. The van der Waals surface area contributed by atoms with Crippen LogP contribution in [0.4, 0.5) is 0 Å². The first-order chi connectivity index (χ1) is 24.0. The fourth-order valence-electron chi connectivity index (χ4n) is 4.83. The highest BCUT2D eigenvalue weighted by Crippen LogP contribution is 2.11. The standard InChI is InChI=1S/C33H51N7O10S/c1-18(2)13-22(36-29(45)23(14-20-9-7-6-8-10-20)37-28(44)21(35-17-42)11-12-51-5)31(47)40-27(19(3)4)32(48)38-24(15-26(34)43)30(46)39-25(16-41)33(49)50/h6-10,17-19,21-25,27,41H,11-16H2,1-5H3,(H2,34,43)(H,35,42)(H,36,45)(H,37,44)(H,38,48)(H,39,46)(H,40,47)(H,49,50)/t21-,22-,23-,24-,25-,27-/m0/s1. The Labute approximate surface area is 301 Å². The molecule has 17 nitrogen and oxygen atoms in total. The second-order valence-corrected chi connectivity index (χ2v) is 13.6. The first-order valence-corrected chi connectivity index (χ1v) is 17.8. The lowest BCUT2D eigenvalue weighted by atomic mass is 9.98. The summed E-state index contributed by atoms with van der Waals surface area (Å²) in [6.07, 6.45) is 2.04. The van der Waals surface area contributed by atoms with Crippen LogP contribution in [0.5, 0.6) is 0 Å². The number of hydrogen-bond acceptors (Lipinski definition) is 10. The molecule has 1 aromatic rings. The molecule has 6 atom stereocenters. The van der Waals surface area contributed by atoms with Crippen LogP contribution in [0.25, 0.3) is 0 Å². The molecule has 10 N–H and O–H groups in total. The third-order valence-electron chi connectivity index (χ3n) is 7.53. The zero-order valence-corrected chi connectivity index (χ0v) is 30.3. The normalized spacial score (nSPS) is 14.5. The van der Waals surface area contributed by atoms with Gasteiger partial charge >= 0.3 is 5.97 Å². The van der Waals surface area contributed by atoms with E-state index >= 15 is 0 Å². The van der Waals surface area contributed by atoms with Gasteiger partial charge in [0.15, 0.2) is 0 Å². The van der Waals surface area contributed by atoms with E-state index in [-0.39, 0.29) is 18.8 Å². The summed E-state index contributed by atoms with van der Waals surface area (Å²) in [5.74, 6) is -6.73. The summed E-state index contributed by atoms with van der Waals surface area (Å²) in [4.78, 5) is 101. The van der Waals surface area contributed by atoms with Gasteiger partial charge in [-0.05, 0) is 42.2 Å². The highest BCUT2D eigenvalue weighted by atomic mass is 32.2. The summed E-state index contributed by atoms with van der Waals surface area (Å²) >= 11 is 1.48. The van der Waals surface area contributed by atoms with E-state index in [0.29, 0.717) is 24.1 Å². The lowest BCUT2D eigenvalue weighted by Crippen LogP contribution is -2.61. The number of benzene rings is 1. The van der Waals surface area contributed by atoms with E-state index < -0.39 is 96.6 Å². The molecular formula is C33H51N7O10S. The number of carbonyl (C=O) groups is 8. The number of carbonyl (C=O) groups excluding carboxylic acids is 7. The Kier molecular flexibility index (Phi) is 19.9. The van der Waals surface area contributed by atoms with E-state index in [1.165, 1.54) is 11.8 Å². The van der Waals surface area contributed by atoms with Gasteiger partial charge in [0.25, 0.3) is 0 Å². The molecule has 0 heterocycles. The summed E-state index contributed by atoms with van der Waals surface area (Å²) in [5, 5.41) is 33.2. The van der Waals surface area contributed by atoms with Crippen LogP contribution in [0.1, 0.15) is 52.5 Å². The van der Waals surface area contributed by atoms with Gasteiger partial charge in [-0.2, -0.15) is 11.8 Å². The van der Waals surface area contributed by atoms with Gasteiger partial charge in [0.2, 0.25) is 41.9 Å². The van der Waals surface area contributed by atoms with Gasteiger partial charge in [0.1, 0.15) is 36.3 Å². The summed E-state index contributed by atoms with van der Waals surface area (Å²) in [6, 6.07) is 0.958.